The Kier molecular flexibility index (Phi) is 8.85. The summed E-state index contributed by atoms with van der Waals surface area (Å²) < 4.78 is 12.5. The number of carbonyl (C=O) groups excluding carboxylic acids is 3. The molecule has 0 bridgehead atoms. The van der Waals surface area contributed by atoms with Gasteiger partial charge in [0.2, 0.25) is 0 Å². The summed E-state index contributed by atoms with van der Waals surface area (Å²) in [7, 11) is 1.52. The van der Waals surface area contributed by atoms with E-state index in [1.165, 1.54) is 7.11 Å². The van der Waals surface area contributed by atoms with E-state index in [2.05, 4.69) is 10.4 Å². The molecule has 5 N–H and O–H groups in total. The highest BCUT2D eigenvalue weighted by Crippen LogP contribution is 2.30. The molecular weight excluding hydrogens is 524 g/mol. The second kappa shape index (κ2) is 12.3. The van der Waals surface area contributed by atoms with Gasteiger partial charge in [0.1, 0.15) is 16.9 Å². The Hall–Kier alpha value is -4.54. The molecule has 0 spiro atoms. The van der Waals surface area contributed by atoms with E-state index in [-0.39, 0.29) is 29.3 Å². The Morgan fingerprint density at radius 3 is 2.46 bits per heavy atom. The van der Waals surface area contributed by atoms with Crippen molar-refractivity contribution in [2.75, 3.05) is 25.9 Å². The maximum absolute atomic E-state index is 12.7. The first kappa shape index (κ1) is 29.4. The van der Waals surface area contributed by atoms with Gasteiger partial charge in [0.25, 0.3) is 11.8 Å². The Bertz CT molecular complexity index is 1410. The van der Waals surface area contributed by atoms with Crippen molar-refractivity contribution in [3.63, 3.8) is 0 Å². The molecule has 0 saturated carbocycles. The van der Waals surface area contributed by atoms with Gasteiger partial charge in [-0.1, -0.05) is 36.4 Å². The number of piperidine rings is 1. The number of primary amides is 1. The van der Waals surface area contributed by atoms with Gasteiger partial charge in [0, 0.05) is 31.7 Å². The molecule has 2 heterocycles. The summed E-state index contributed by atoms with van der Waals surface area (Å²) in [5, 5.41) is 7.36. The van der Waals surface area contributed by atoms with E-state index in [1.54, 1.807) is 33.8 Å². The number of hydrogen-bond donors (Lipinski definition) is 3. The van der Waals surface area contributed by atoms with Crippen LogP contribution in [-0.4, -0.2) is 58.4 Å². The lowest BCUT2D eigenvalue weighted by molar-refractivity contribution is 0.0155. The Labute approximate surface area is 239 Å². The van der Waals surface area contributed by atoms with E-state index in [9.17, 15) is 14.4 Å². The van der Waals surface area contributed by atoms with Crippen LogP contribution in [0.2, 0.25) is 0 Å². The summed E-state index contributed by atoms with van der Waals surface area (Å²) in [5.41, 5.74) is 14.0. The first-order valence-electron chi connectivity index (χ1n) is 13.6. The Morgan fingerprint density at radius 1 is 1.10 bits per heavy atom. The van der Waals surface area contributed by atoms with E-state index in [4.69, 9.17) is 20.9 Å². The van der Waals surface area contributed by atoms with Crippen LogP contribution in [0.15, 0.2) is 48.5 Å². The summed E-state index contributed by atoms with van der Waals surface area (Å²) in [4.78, 5) is 39.4. The molecule has 4 rings (SSSR count). The van der Waals surface area contributed by atoms with Crippen molar-refractivity contribution in [3.05, 3.63) is 65.2 Å². The molecule has 0 unspecified atom stereocenters. The van der Waals surface area contributed by atoms with E-state index in [1.807, 2.05) is 45.0 Å². The second-order valence-electron chi connectivity index (χ2n) is 11.2. The average Bonchev–Trinajstić information content (AvgIpc) is 3.26. The van der Waals surface area contributed by atoms with Crippen LogP contribution in [0.25, 0.3) is 11.3 Å². The number of ether oxygens (including phenoxy) is 2. The maximum atomic E-state index is 12.7. The molecule has 0 radical (unpaired) electrons. The maximum Gasteiger partial charge on any atom is 0.410 e. The molecule has 1 aliphatic heterocycles. The first-order valence-corrected chi connectivity index (χ1v) is 13.6. The average molecular weight is 563 g/mol. The molecule has 41 heavy (non-hydrogen) atoms. The van der Waals surface area contributed by atoms with Crippen LogP contribution in [0.4, 0.5) is 10.6 Å². The lowest BCUT2D eigenvalue weighted by atomic mass is 9.97. The van der Waals surface area contributed by atoms with Crippen molar-refractivity contribution in [2.24, 2.45) is 11.7 Å². The van der Waals surface area contributed by atoms with Crippen molar-refractivity contribution >= 4 is 23.7 Å². The molecule has 11 heteroatoms. The third-order valence-corrected chi connectivity index (χ3v) is 6.86. The molecule has 1 fully saturated rings. The summed E-state index contributed by atoms with van der Waals surface area (Å²) >= 11 is 0. The van der Waals surface area contributed by atoms with Crippen molar-refractivity contribution in [2.45, 2.75) is 52.3 Å². The molecule has 11 nitrogen and oxygen atoms in total. The fraction of sp³-hybridized carbons (Fsp3) is 0.400. The number of nitrogens with zero attached hydrogens (tertiary/aromatic N) is 3. The van der Waals surface area contributed by atoms with E-state index in [0.717, 1.165) is 18.4 Å². The molecule has 1 aliphatic rings. The number of hydrogen-bond acceptors (Lipinski definition) is 7. The number of methoxy groups -OCH3 is 1. The van der Waals surface area contributed by atoms with Crippen LogP contribution in [-0.2, 0) is 17.8 Å². The smallest absolute Gasteiger partial charge is 0.410 e. The number of carbonyl (C=O) groups is 3. The van der Waals surface area contributed by atoms with Gasteiger partial charge in [0.05, 0.1) is 18.4 Å². The predicted octanol–water partition coefficient (Wildman–Crippen LogP) is 3.82. The highest BCUT2D eigenvalue weighted by atomic mass is 16.6. The summed E-state index contributed by atoms with van der Waals surface area (Å²) in [6, 6.07) is 14.4. The monoisotopic (exact) mass is 562 g/mol. The van der Waals surface area contributed by atoms with Crippen LogP contribution in [0.3, 0.4) is 0 Å². The number of nitrogen functional groups attached to an aromatic ring is 1. The third kappa shape index (κ3) is 7.16. The molecule has 3 amide bonds. The van der Waals surface area contributed by atoms with Gasteiger partial charge in [0.15, 0.2) is 5.82 Å². The lowest BCUT2D eigenvalue weighted by Gasteiger charge is -2.34. The van der Waals surface area contributed by atoms with Crippen molar-refractivity contribution in [3.8, 4) is 17.0 Å². The van der Waals surface area contributed by atoms with E-state index < -0.39 is 11.5 Å². The van der Waals surface area contributed by atoms with Gasteiger partial charge in [-0.3, -0.25) is 14.3 Å². The van der Waals surface area contributed by atoms with Crippen molar-refractivity contribution in [1.82, 2.24) is 20.0 Å². The molecule has 3 aromatic rings. The zero-order valence-corrected chi connectivity index (χ0v) is 24.0. The van der Waals surface area contributed by atoms with Crippen LogP contribution >= 0.6 is 0 Å². The molecule has 1 aromatic heterocycles. The number of anilines is 1. The SMILES string of the molecule is COc1ccccc1C(=O)NCc1ccc(-c2c(C(N)=O)c(N)nn2C[C@H]2CCCN(C(=O)OC(C)(C)C)C2)cc1. The fourth-order valence-electron chi connectivity index (χ4n) is 4.99. The molecule has 1 saturated heterocycles. The normalized spacial score (nSPS) is 15.3. The van der Waals surface area contributed by atoms with E-state index in [0.29, 0.717) is 48.7 Å². The number of likely N-dealkylation sites (tertiary alicyclic amines) is 1. The predicted molar refractivity (Wildman–Crippen MR) is 155 cm³/mol. The van der Waals surface area contributed by atoms with Gasteiger partial charge < -0.3 is 31.2 Å². The number of aromatic nitrogens is 2. The summed E-state index contributed by atoms with van der Waals surface area (Å²) in [6.45, 7) is 7.40. The van der Waals surface area contributed by atoms with Gasteiger partial charge >= 0.3 is 6.09 Å². The number of rotatable bonds is 8. The zero-order chi connectivity index (χ0) is 29.7. The van der Waals surface area contributed by atoms with Crippen LogP contribution < -0.4 is 21.5 Å². The van der Waals surface area contributed by atoms with Crippen molar-refractivity contribution in [1.29, 1.82) is 0 Å². The number of nitrogens with two attached hydrogens (primary N) is 2. The summed E-state index contributed by atoms with van der Waals surface area (Å²) in [6.07, 6.45) is 1.37. The zero-order valence-electron chi connectivity index (χ0n) is 24.0. The third-order valence-electron chi connectivity index (χ3n) is 6.86. The number of nitrogens with one attached hydrogen (secondary N) is 1. The lowest BCUT2D eigenvalue weighted by Crippen LogP contribution is -2.43. The van der Waals surface area contributed by atoms with Gasteiger partial charge in [-0.05, 0) is 57.2 Å². The Balaban J connectivity index is 1.50. The quantitative estimate of drug-likeness (QED) is 0.377. The largest absolute Gasteiger partial charge is 0.496 e. The minimum absolute atomic E-state index is 0.0560. The van der Waals surface area contributed by atoms with Gasteiger partial charge in [-0.25, -0.2) is 4.79 Å². The van der Waals surface area contributed by atoms with Crippen LogP contribution in [0, 0.1) is 5.92 Å². The number of para-hydroxylation sites is 1. The van der Waals surface area contributed by atoms with Crippen molar-refractivity contribution < 1.29 is 23.9 Å². The first-order chi connectivity index (χ1) is 19.5. The van der Waals surface area contributed by atoms with E-state index >= 15 is 0 Å². The molecule has 1 atom stereocenters. The fourth-order valence-corrected chi connectivity index (χ4v) is 4.99. The molecular formula is C30H38N6O5. The minimum atomic E-state index is -0.670. The highest BCUT2D eigenvalue weighted by Gasteiger charge is 2.30. The van der Waals surface area contributed by atoms with Gasteiger partial charge in [-0.15, -0.1) is 0 Å². The van der Waals surface area contributed by atoms with Crippen LogP contribution in [0.5, 0.6) is 5.75 Å². The highest BCUT2D eigenvalue weighted by molar-refractivity contribution is 6.03. The Morgan fingerprint density at radius 2 is 1.80 bits per heavy atom. The second-order valence-corrected chi connectivity index (χ2v) is 11.2. The molecule has 2 aromatic carbocycles. The number of amides is 3. The minimum Gasteiger partial charge on any atom is -0.496 e. The van der Waals surface area contributed by atoms with Crippen LogP contribution in [0.1, 0.15) is 59.9 Å². The number of benzene rings is 2. The molecule has 218 valence electrons. The summed E-state index contributed by atoms with van der Waals surface area (Å²) in [5.74, 6) is -0.283. The topological polar surface area (TPSA) is 155 Å². The molecule has 0 aliphatic carbocycles. The standard InChI is InChI=1S/C30H38N6O5/c1-30(2,3)41-29(39)35-15-7-8-20(17-35)18-36-25(24(27(32)37)26(31)34-36)21-13-11-19(12-14-21)16-33-28(38)22-9-5-6-10-23(22)40-4/h5-6,9-14,20H,7-8,15-18H2,1-4H3,(H2,31,34)(H2,32,37)(H,33,38)/t20-/m0/s1. The van der Waals surface area contributed by atoms with Gasteiger partial charge in [-0.2, -0.15) is 5.10 Å².